The minimum absolute atomic E-state index is 0.515. The Labute approximate surface area is 380 Å². The van der Waals surface area contributed by atoms with Crippen molar-refractivity contribution in [3.05, 3.63) is 203 Å². The molecule has 0 saturated heterocycles. The third kappa shape index (κ3) is 6.31. The lowest BCUT2D eigenvalue weighted by Gasteiger charge is -2.45. The molecule has 0 radical (unpaired) electrons. The number of rotatable bonds is 6. The lowest BCUT2D eigenvalue weighted by atomic mass is 9.99. The van der Waals surface area contributed by atoms with Crippen molar-refractivity contribution in [2.75, 3.05) is 9.80 Å². The second kappa shape index (κ2) is 15.6. The average Bonchev–Trinajstić information content (AvgIpc) is 3.30. The fraction of sp³-hybridized carbons (Fsp3) is 0.107. The molecule has 0 unspecified atom stereocenters. The fourth-order valence-electron chi connectivity index (χ4n) is 10.2. The molecule has 6 nitrogen and oxygen atoms in total. The molecule has 0 bridgehead atoms. The second-order valence-corrected chi connectivity index (χ2v) is 22.0. The van der Waals surface area contributed by atoms with E-state index >= 15 is 0 Å². The largest absolute Gasteiger partial charge is 0.311 e. The van der Waals surface area contributed by atoms with Gasteiger partial charge >= 0.3 is 0 Å². The van der Waals surface area contributed by atoms with E-state index in [0.29, 0.717) is 11.6 Å². The molecular formula is C56H46N6SSi. The van der Waals surface area contributed by atoms with Gasteiger partial charge in [-0.05, 0) is 145 Å². The maximum Gasteiger partial charge on any atom is 0.204 e. The maximum absolute atomic E-state index is 4.77. The average molecular weight is 863 g/mol. The van der Waals surface area contributed by atoms with E-state index in [1.807, 2.05) is 11.8 Å². The van der Waals surface area contributed by atoms with Crippen LogP contribution < -0.4 is 30.5 Å². The molecule has 0 amide bonds. The van der Waals surface area contributed by atoms with Crippen LogP contribution in [0.25, 0.3) is 22.8 Å². The van der Waals surface area contributed by atoms with E-state index in [9.17, 15) is 0 Å². The van der Waals surface area contributed by atoms with Gasteiger partial charge in [0.15, 0.2) is 8.07 Å². The number of aromatic nitrogens is 4. The first-order valence-electron chi connectivity index (χ1n) is 21.8. The van der Waals surface area contributed by atoms with Gasteiger partial charge in [-0.25, -0.2) is 0 Å². The molecule has 1 aromatic heterocycles. The summed E-state index contributed by atoms with van der Waals surface area (Å²) in [5, 5.41) is 24.5. The van der Waals surface area contributed by atoms with Gasteiger partial charge in [-0.1, -0.05) is 132 Å². The summed E-state index contributed by atoms with van der Waals surface area (Å²) in [4.78, 5) is 7.28. The summed E-state index contributed by atoms with van der Waals surface area (Å²) in [6.07, 6.45) is 0. The van der Waals surface area contributed by atoms with Crippen LogP contribution in [0.3, 0.4) is 0 Å². The first kappa shape index (κ1) is 39.7. The third-order valence-corrected chi connectivity index (χ3v) is 19.0. The molecule has 8 aromatic carbocycles. The van der Waals surface area contributed by atoms with Gasteiger partial charge in [0.25, 0.3) is 0 Å². The zero-order valence-electron chi connectivity index (χ0n) is 36.8. The Hall–Kier alpha value is -7.13. The molecule has 0 saturated carbocycles. The molecule has 0 aliphatic carbocycles. The molecule has 310 valence electrons. The predicted octanol–water partition coefficient (Wildman–Crippen LogP) is 11.5. The smallest absolute Gasteiger partial charge is 0.204 e. The summed E-state index contributed by atoms with van der Waals surface area (Å²) in [6.45, 7) is 12.9. The van der Waals surface area contributed by atoms with Crippen molar-refractivity contribution in [3.8, 4) is 22.8 Å². The summed E-state index contributed by atoms with van der Waals surface area (Å²) < 4.78 is 0. The minimum atomic E-state index is -2.75. The van der Waals surface area contributed by atoms with E-state index in [1.165, 1.54) is 64.4 Å². The number of benzene rings is 8. The van der Waals surface area contributed by atoms with E-state index in [-0.39, 0.29) is 0 Å². The van der Waals surface area contributed by atoms with Crippen LogP contribution in [0.1, 0.15) is 33.4 Å². The van der Waals surface area contributed by atoms with Crippen molar-refractivity contribution >= 4 is 74.7 Å². The maximum atomic E-state index is 4.77. The molecule has 2 aliphatic heterocycles. The lowest BCUT2D eigenvalue weighted by Crippen LogP contribution is -2.77. The summed E-state index contributed by atoms with van der Waals surface area (Å²) in [5.41, 5.74) is 15.6. The Bertz CT molecular complexity index is 3090. The van der Waals surface area contributed by atoms with Crippen LogP contribution in [0.4, 0.5) is 34.1 Å². The van der Waals surface area contributed by atoms with Gasteiger partial charge in [-0.15, -0.1) is 20.4 Å². The molecule has 2 aliphatic rings. The Morgan fingerprint density at radius 3 is 1.09 bits per heavy atom. The van der Waals surface area contributed by atoms with Crippen LogP contribution in [0.2, 0.25) is 0 Å². The number of fused-ring (bicyclic) bond motifs is 4. The third-order valence-electron chi connectivity index (χ3n) is 13.0. The standard InChI is InChI=1S/C56H46N6SSi/c1-35-23-27-43(28-24-35)64(44-29-25-36(2)26-30-44)51-21-13-9-17-47(51)62(48-18-10-14-22-52(48)64)42-33-39(5)54(40(6)34-42)56-59-57-55(58-60-56)53-37(3)31-41(32-38(53)4)61-45-15-7-11-19-49(45)63-50-20-12-8-16-46(50)61/h7-34H,1-6H3. The van der Waals surface area contributed by atoms with Crippen LogP contribution in [-0.2, 0) is 0 Å². The van der Waals surface area contributed by atoms with E-state index in [2.05, 4.69) is 221 Å². The number of hydrogen-bond donors (Lipinski definition) is 0. The molecule has 11 rings (SSSR count). The summed E-state index contributed by atoms with van der Waals surface area (Å²) in [6, 6.07) is 62.8. The minimum Gasteiger partial charge on any atom is -0.311 e. The van der Waals surface area contributed by atoms with Crippen molar-refractivity contribution in [1.29, 1.82) is 0 Å². The zero-order chi connectivity index (χ0) is 43.7. The van der Waals surface area contributed by atoms with Crippen molar-refractivity contribution in [2.24, 2.45) is 0 Å². The Morgan fingerprint density at radius 2 is 0.703 bits per heavy atom. The van der Waals surface area contributed by atoms with E-state index < -0.39 is 8.07 Å². The number of nitrogens with zero attached hydrogens (tertiary/aromatic N) is 6. The second-order valence-electron chi connectivity index (χ2n) is 17.2. The van der Waals surface area contributed by atoms with Gasteiger partial charge in [-0.2, -0.15) is 0 Å². The molecule has 8 heteroatoms. The van der Waals surface area contributed by atoms with E-state index in [0.717, 1.165) is 44.8 Å². The van der Waals surface area contributed by atoms with Crippen LogP contribution >= 0.6 is 11.8 Å². The molecule has 9 aromatic rings. The molecule has 0 fully saturated rings. The monoisotopic (exact) mass is 862 g/mol. The molecule has 64 heavy (non-hydrogen) atoms. The topological polar surface area (TPSA) is 58.0 Å². The number of para-hydroxylation sites is 4. The van der Waals surface area contributed by atoms with Crippen molar-refractivity contribution in [2.45, 2.75) is 51.3 Å². The quantitative estimate of drug-likeness (QED) is 0.154. The highest BCUT2D eigenvalue weighted by molar-refractivity contribution is 7.99. The van der Waals surface area contributed by atoms with Gasteiger partial charge in [0.05, 0.1) is 11.4 Å². The zero-order valence-corrected chi connectivity index (χ0v) is 38.6. The van der Waals surface area contributed by atoms with Crippen molar-refractivity contribution in [1.82, 2.24) is 20.4 Å². The summed E-state index contributed by atoms with van der Waals surface area (Å²) in [5.74, 6) is 1.03. The highest BCUT2D eigenvalue weighted by Crippen LogP contribution is 2.52. The number of aryl methyl sites for hydroxylation is 6. The Kier molecular flexibility index (Phi) is 9.67. The number of anilines is 6. The van der Waals surface area contributed by atoms with Crippen LogP contribution in [0.15, 0.2) is 180 Å². The van der Waals surface area contributed by atoms with Crippen LogP contribution in [0, 0.1) is 41.5 Å². The molecule has 0 N–H and O–H groups in total. The molecule has 3 heterocycles. The fourth-order valence-corrected chi connectivity index (χ4v) is 16.3. The number of hydrogen-bond acceptors (Lipinski definition) is 7. The normalized spacial score (nSPS) is 13.5. The highest BCUT2D eigenvalue weighted by Gasteiger charge is 2.48. The van der Waals surface area contributed by atoms with Gasteiger partial charge in [0.1, 0.15) is 0 Å². The predicted molar refractivity (Wildman–Crippen MR) is 268 cm³/mol. The van der Waals surface area contributed by atoms with Crippen molar-refractivity contribution in [3.63, 3.8) is 0 Å². The lowest BCUT2D eigenvalue weighted by molar-refractivity contribution is 0.871. The Balaban J connectivity index is 0.969. The van der Waals surface area contributed by atoms with Gasteiger partial charge in [0, 0.05) is 43.7 Å². The summed E-state index contributed by atoms with van der Waals surface area (Å²) in [7, 11) is -2.75. The SMILES string of the molecule is Cc1ccc([Si]2(c3ccc(C)cc3)c3ccccc3N(c3cc(C)c(-c4nnc(-c5c(C)cc(N6c7ccccc7Sc7ccccc76)cc5C)nn4)c(C)c3)c3ccccc32)cc1. The van der Waals surface area contributed by atoms with E-state index in [1.54, 1.807) is 0 Å². The van der Waals surface area contributed by atoms with Crippen LogP contribution in [-0.4, -0.2) is 28.5 Å². The first-order chi connectivity index (χ1) is 31.2. The molecular weight excluding hydrogens is 817 g/mol. The molecule has 0 atom stereocenters. The van der Waals surface area contributed by atoms with Gasteiger partial charge < -0.3 is 9.80 Å². The van der Waals surface area contributed by atoms with Crippen LogP contribution in [0.5, 0.6) is 0 Å². The highest BCUT2D eigenvalue weighted by atomic mass is 32.2. The van der Waals surface area contributed by atoms with E-state index in [4.69, 9.17) is 20.4 Å². The van der Waals surface area contributed by atoms with Crippen molar-refractivity contribution < 1.29 is 0 Å². The Morgan fingerprint density at radius 1 is 0.375 bits per heavy atom. The molecule has 0 spiro atoms. The first-order valence-corrected chi connectivity index (χ1v) is 24.6. The summed E-state index contributed by atoms with van der Waals surface area (Å²) >= 11 is 1.81. The van der Waals surface area contributed by atoms with Gasteiger partial charge in [0.2, 0.25) is 11.6 Å². The van der Waals surface area contributed by atoms with Gasteiger partial charge in [-0.3, -0.25) is 0 Å².